The van der Waals surface area contributed by atoms with Crippen molar-refractivity contribution in [1.29, 1.82) is 0 Å². The first-order chi connectivity index (χ1) is 8.29. The maximum atomic E-state index is 12.3. The number of rotatable bonds is 3. The summed E-state index contributed by atoms with van der Waals surface area (Å²) in [5.41, 5.74) is 1.24. The summed E-state index contributed by atoms with van der Waals surface area (Å²) in [6.07, 6.45) is 3.60. The summed E-state index contributed by atoms with van der Waals surface area (Å²) in [6.45, 7) is 3.40. The molecule has 1 saturated heterocycles. The predicted octanol–water partition coefficient (Wildman–Crippen LogP) is 1.03. The third kappa shape index (κ3) is 2.48. The number of likely N-dealkylation sites (tertiary alicyclic amines) is 1. The van der Waals surface area contributed by atoms with Crippen LogP contribution < -0.4 is 0 Å². The van der Waals surface area contributed by atoms with Crippen LogP contribution in [0.2, 0.25) is 0 Å². The number of likely N-dealkylation sites (N-methyl/N-ethyl adjacent to an activating group) is 1. The lowest BCUT2D eigenvalue weighted by molar-refractivity contribution is -0.869. The minimum atomic E-state index is -0.0892. The van der Waals surface area contributed by atoms with Gasteiger partial charge < -0.3 is 4.48 Å². The molecule has 2 rings (SSSR count). The SMILES string of the molecule is CC1=CC[C@H]2C(=O)N(CC[N+](C)(C)C)C(=O)[C@H]2C1. The highest BCUT2D eigenvalue weighted by molar-refractivity contribution is 6.05. The molecule has 0 saturated carbocycles. The molecule has 2 amide bonds. The fourth-order valence-electron chi connectivity index (χ4n) is 2.73. The second-order valence-electron chi connectivity index (χ2n) is 6.55. The van der Waals surface area contributed by atoms with Crippen molar-refractivity contribution < 1.29 is 14.1 Å². The van der Waals surface area contributed by atoms with Crippen molar-refractivity contribution in [2.75, 3.05) is 34.2 Å². The largest absolute Gasteiger partial charge is 0.329 e. The van der Waals surface area contributed by atoms with Gasteiger partial charge in [-0.05, 0) is 19.8 Å². The first-order valence-corrected chi connectivity index (χ1v) is 6.61. The van der Waals surface area contributed by atoms with Crippen molar-refractivity contribution in [1.82, 2.24) is 4.90 Å². The van der Waals surface area contributed by atoms with Crippen molar-refractivity contribution in [3.63, 3.8) is 0 Å². The van der Waals surface area contributed by atoms with Gasteiger partial charge in [0.1, 0.15) is 0 Å². The highest BCUT2D eigenvalue weighted by Gasteiger charge is 2.48. The van der Waals surface area contributed by atoms with Crippen LogP contribution in [-0.4, -0.2) is 55.4 Å². The number of carbonyl (C=O) groups is 2. The van der Waals surface area contributed by atoms with E-state index in [0.717, 1.165) is 23.9 Å². The standard InChI is InChI=1S/C14H23N2O2/c1-10-5-6-11-12(9-10)14(18)15(13(11)17)7-8-16(2,3)4/h5,11-12H,6-9H2,1-4H3/q+1/t11-,12+/m1/s1. The van der Waals surface area contributed by atoms with Gasteiger partial charge in [-0.15, -0.1) is 0 Å². The molecular formula is C14H23N2O2+. The Morgan fingerprint density at radius 1 is 1.22 bits per heavy atom. The van der Waals surface area contributed by atoms with Crippen molar-refractivity contribution in [3.8, 4) is 0 Å². The van der Waals surface area contributed by atoms with Crippen LogP contribution in [0.3, 0.4) is 0 Å². The van der Waals surface area contributed by atoms with Gasteiger partial charge in [0.2, 0.25) is 11.8 Å². The Morgan fingerprint density at radius 2 is 1.83 bits per heavy atom. The van der Waals surface area contributed by atoms with Crippen LogP contribution in [0, 0.1) is 11.8 Å². The predicted molar refractivity (Wildman–Crippen MR) is 69.6 cm³/mol. The molecule has 0 bridgehead atoms. The van der Waals surface area contributed by atoms with Crippen molar-refractivity contribution in [2.45, 2.75) is 19.8 Å². The molecule has 100 valence electrons. The van der Waals surface area contributed by atoms with E-state index < -0.39 is 0 Å². The van der Waals surface area contributed by atoms with Gasteiger partial charge in [-0.25, -0.2) is 0 Å². The van der Waals surface area contributed by atoms with Crippen LogP contribution in [0.1, 0.15) is 19.8 Å². The smallest absolute Gasteiger partial charge is 0.233 e. The van der Waals surface area contributed by atoms with Crippen LogP contribution in [-0.2, 0) is 9.59 Å². The van der Waals surface area contributed by atoms with Crippen LogP contribution in [0.5, 0.6) is 0 Å². The lowest BCUT2D eigenvalue weighted by Crippen LogP contribution is -2.44. The summed E-state index contributed by atoms with van der Waals surface area (Å²) in [4.78, 5) is 26.0. The highest BCUT2D eigenvalue weighted by Crippen LogP contribution is 2.37. The van der Waals surface area contributed by atoms with Crippen LogP contribution in [0.4, 0.5) is 0 Å². The van der Waals surface area contributed by atoms with Crippen LogP contribution in [0.25, 0.3) is 0 Å². The Morgan fingerprint density at radius 3 is 2.44 bits per heavy atom. The minimum absolute atomic E-state index is 0.0437. The third-order valence-corrected chi connectivity index (χ3v) is 3.91. The van der Waals surface area contributed by atoms with Gasteiger partial charge in [0.15, 0.2) is 0 Å². The Labute approximate surface area is 109 Å². The van der Waals surface area contributed by atoms with E-state index in [1.54, 1.807) is 0 Å². The molecule has 0 aromatic heterocycles. The van der Waals surface area contributed by atoms with E-state index >= 15 is 0 Å². The molecule has 18 heavy (non-hydrogen) atoms. The lowest BCUT2D eigenvalue weighted by Gasteiger charge is -2.26. The van der Waals surface area contributed by atoms with Gasteiger partial charge in [0.05, 0.1) is 46.1 Å². The van der Waals surface area contributed by atoms with Crippen LogP contribution >= 0.6 is 0 Å². The molecule has 0 N–H and O–H groups in total. The fraction of sp³-hybridized carbons (Fsp3) is 0.714. The fourth-order valence-corrected chi connectivity index (χ4v) is 2.73. The molecule has 4 heteroatoms. The number of allylic oxidation sites excluding steroid dienone is 2. The van der Waals surface area contributed by atoms with E-state index in [0.29, 0.717) is 6.54 Å². The quantitative estimate of drug-likeness (QED) is 0.427. The van der Waals surface area contributed by atoms with Gasteiger partial charge in [-0.3, -0.25) is 14.5 Å². The number of hydrogen-bond donors (Lipinski definition) is 0. The minimum Gasteiger partial charge on any atom is -0.329 e. The molecule has 0 aromatic carbocycles. The Balaban J connectivity index is 2.07. The third-order valence-electron chi connectivity index (χ3n) is 3.91. The first kappa shape index (κ1) is 13.3. The summed E-state index contributed by atoms with van der Waals surface area (Å²) in [6, 6.07) is 0. The van der Waals surface area contributed by atoms with E-state index in [4.69, 9.17) is 0 Å². The molecule has 0 radical (unpaired) electrons. The molecule has 4 nitrogen and oxygen atoms in total. The van der Waals surface area contributed by atoms with Crippen LogP contribution in [0.15, 0.2) is 11.6 Å². The van der Waals surface area contributed by atoms with Gasteiger partial charge in [-0.2, -0.15) is 0 Å². The Hall–Kier alpha value is -1.16. The molecule has 0 aromatic rings. The normalized spacial score (nSPS) is 28.4. The topological polar surface area (TPSA) is 37.4 Å². The van der Waals surface area contributed by atoms with E-state index in [2.05, 4.69) is 27.2 Å². The molecule has 2 atom stereocenters. The van der Waals surface area contributed by atoms with Gasteiger partial charge in [0.25, 0.3) is 0 Å². The number of amides is 2. The monoisotopic (exact) mass is 251 g/mol. The zero-order valence-electron chi connectivity index (χ0n) is 11.8. The zero-order valence-corrected chi connectivity index (χ0v) is 11.8. The Bertz CT molecular complexity index is 407. The highest BCUT2D eigenvalue weighted by atomic mass is 16.2. The van der Waals surface area contributed by atoms with Crippen molar-refractivity contribution >= 4 is 11.8 Å². The maximum absolute atomic E-state index is 12.3. The van der Waals surface area contributed by atoms with E-state index in [9.17, 15) is 9.59 Å². The molecule has 1 aliphatic heterocycles. The number of fused-ring (bicyclic) bond motifs is 1. The summed E-state index contributed by atoms with van der Waals surface area (Å²) in [7, 11) is 6.22. The molecular weight excluding hydrogens is 228 g/mol. The molecule has 0 spiro atoms. The molecule has 2 aliphatic rings. The number of quaternary nitrogens is 1. The number of imide groups is 1. The van der Waals surface area contributed by atoms with Gasteiger partial charge in [-0.1, -0.05) is 11.6 Å². The summed E-state index contributed by atoms with van der Waals surface area (Å²) in [5.74, 6) is -0.0864. The second kappa shape index (κ2) is 4.50. The number of hydrogen-bond acceptors (Lipinski definition) is 2. The van der Waals surface area contributed by atoms with E-state index in [-0.39, 0.29) is 23.7 Å². The van der Waals surface area contributed by atoms with Crippen molar-refractivity contribution in [3.05, 3.63) is 11.6 Å². The summed E-state index contributed by atoms with van der Waals surface area (Å²) in [5, 5.41) is 0. The summed E-state index contributed by atoms with van der Waals surface area (Å²) < 4.78 is 0.768. The molecule has 1 fully saturated rings. The Kier molecular flexibility index (Phi) is 3.32. The van der Waals surface area contributed by atoms with E-state index in [1.165, 1.54) is 10.5 Å². The lowest BCUT2D eigenvalue weighted by atomic mass is 9.82. The first-order valence-electron chi connectivity index (χ1n) is 6.61. The number of nitrogens with zero attached hydrogens (tertiary/aromatic N) is 2. The number of carbonyl (C=O) groups excluding carboxylic acids is 2. The zero-order chi connectivity index (χ0) is 13.5. The van der Waals surface area contributed by atoms with Gasteiger partial charge >= 0.3 is 0 Å². The maximum Gasteiger partial charge on any atom is 0.233 e. The second-order valence-corrected chi connectivity index (χ2v) is 6.55. The van der Waals surface area contributed by atoms with Crippen molar-refractivity contribution in [2.24, 2.45) is 11.8 Å². The summed E-state index contributed by atoms with van der Waals surface area (Å²) >= 11 is 0. The van der Waals surface area contributed by atoms with E-state index in [1.807, 2.05) is 6.92 Å². The molecule has 1 heterocycles. The molecule has 0 unspecified atom stereocenters. The average molecular weight is 251 g/mol. The molecule has 1 aliphatic carbocycles. The average Bonchev–Trinajstić information content (AvgIpc) is 2.48. The van der Waals surface area contributed by atoms with Gasteiger partial charge in [0, 0.05) is 0 Å².